The van der Waals surface area contributed by atoms with E-state index in [1.807, 2.05) is 24.0 Å². The highest BCUT2D eigenvalue weighted by Gasteiger charge is 2.19. The van der Waals surface area contributed by atoms with E-state index in [2.05, 4.69) is 27.2 Å². The van der Waals surface area contributed by atoms with Crippen molar-refractivity contribution in [3.63, 3.8) is 0 Å². The molecule has 0 amide bonds. The fraction of sp³-hybridized carbons (Fsp3) is 0.467. The molecule has 106 valence electrons. The van der Waals surface area contributed by atoms with E-state index in [4.69, 9.17) is 5.73 Å². The summed E-state index contributed by atoms with van der Waals surface area (Å²) in [4.78, 5) is 6.61. The van der Waals surface area contributed by atoms with Gasteiger partial charge in [0.2, 0.25) is 0 Å². The van der Waals surface area contributed by atoms with Gasteiger partial charge in [-0.05, 0) is 31.5 Å². The fourth-order valence-corrected chi connectivity index (χ4v) is 2.87. The molecule has 0 aromatic carbocycles. The van der Waals surface area contributed by atoms with Crippen molar-refractivity contribution in [1.82, 2.24) is 19.7 Å². The van der Waals surface area contributed by atoms with Crippen LogP contribution in [0.3, 0.4) is 0 Å². The average Bonchev–Trinajstić information content (AvgIpc) is 2.80. The number of nitrogens with zero attached hydrogens (tertiary/aromatic N) is 4. The Hall–Kier alpha value is -1.72. The Bertz CT molecular complexity index is 563. The van der Waals surface area contributed by atoms with Crippen LogP contribution in [-0.4, -0.2) is 38.8 Å². The Labute approximate surface area is 119 Å². The second-order valence-electron chi connectivity index (χ2n) is 5.56. The molecule has 3 heterocycles. The maximum absolute atomic E-state index is 6.06. The number of hydrogen-bond donors (Lipinski definition) is 1. The topological polar surface area (TPSA) is 60.0 Å². The van der Waals surface area contributed by atoms with Crippen LogP contribution < -0.4 is 5.73 Å². The lowest BCUT2D eigenvalue weighted by atomic mass is 10.0. The number of hydrogen-bond acceptors (Lipinski definition) is 4. The van der Waals surface area contributed by atoms with Gasteiger partial charge in [0.25, 0.3) is 0 Å². The predicted octanol–water partition coefficient (Wildman–Crippen LogP) is 1.41. The van der Waals surface area contributed by atoms with Crippen LogP contribution in [-0.2, 0) is 13.6 Å². The molecule has 2 aromatic heterocycles. The molecule has 2 N–H and O–H groups in total. The van der Waals surface area contributed by atoms with E-state index in [1.165, 1.54) is 12.0 Å². The van der Waals surface area contributed by atoms with Gasteiger partial charge in [0, 0.05) is 55.9 Å². The minimum Gasteiger partial charge on any atom is -0.327 e. The molecule has 2 aromatic rings. The second-order valence-corrected chi connectivity index (χ2v) is 5.56. The zero-order valence-corrected chi connectivity index (χ0v) is 11.9. The first kappa shape index (κ1) is 13.3. The first-order valence-electron chi connectivity index (χ1n) is 7.13. The number of rotatable bonds is 3. The van der Waals surface area contributed by atoms with Gasteiger partial charge in [0.15, 0.2) is 0 Å². The van der Waals surface area contributed by atoms with Crippen LogP contribution in [0.1, 0.15) is 18.4 Å². The molecule has 20 heavy (non-hydrogen) atoms. The van der Waals surface area contributed by atoms with Gasteiger partial charge in [0.1, 0.15) is 0 Å². The highest BCUT2D eigenvalue weighted by Crippen LogP contribution is 2.23. The lowest BCUT2D eigenvalue weighted by Gasteiger charge is -2.30. The Morgan fingerprint density at radius 3 is 3.10 bits per heavy atom. The molecule has 1 atom stereocenters. The smallest absolute Gasteiger partial charge is 0.0983 e. The summed E-state index contributed by atoms with van der Waals surface area (Å²) in [7, 11) is 1.96. The number of likely N-dealkylation sites (tertiary alicyclic amines) is 1. The Kier molecular flexibility index (Phi) is 3.80. The van der Waals surface area contributed by atoms with Gasteiger partial charge >= 0.3 is 0 Å². The lowest BCUT2D eigenvalue weighted by Crippen LogP contribution is -2.42. The highest BCUT2D eigenvalue weighted by atomic mass is 15.3. The summed E-state index contributed by atoms with van der Waals surface area (Å²) < 4.78 is 1.88. The minimum atomic E-state index is 0.308. The zero-order chi connectivity index (χ0) is 13.9. The number of pyridine rings is 1. The summed E-state index contributed by atoms with van der Waals surface area (Å²) >= 11 is 0. The van der Waals surface area contributed by atoms with Crippen LogP contribution >= 0.6 is 0 Å². The maximum Gasteiger partial charge on any atom is 0.0983 e. The summed E-state index contributed by atoms with van der Waals surface area (Å²) in [6.07, 6.45) is 8.08. The van der Waals surface area contributed by atoms with Gasteiger partial charge in [-0.15, -0.1) is 0 Å². The van der Waals surface area contributed by atoms with Crippen molar-refractivity contribution in [2.75, 3.05) is 13.1 Å². The molecular formula is C15H21N5. The summed E-state index contributed by atoms with van der Waals surface area (Å²) in [5.74, 6) is 0. The van der Waals surface area contributed by atoms with E-state index in [9.17, 15) is 0 Å². The zero-order valence-electron chi connectivity index (χ0n) is 11.9. The van der Waals surface area contributed by atoms with E-state index < -0.39 is 0 Å². The third-order valence-corrected chi connectivity index (χ3v) is 3.78. The summed E-state index contributed by atoms with van der Waals surface area (Å²) in [5.41, 5.74) is 9.41. The van der Waals surface area contributed by atoms with Gasteiger partial charge in [-0.25, -0.2) is 0 Å². The first-order chi connectivity index (χ1) is 9.72. The van der Waals surface area contributed by atoms with Crippen LogP contribution in [0.5, 0.6) is 0 Å². The standard InChI is InChI=1S/C15H21N5/c1-19-9-13(10-20-7-3-5-14(16)11-20)15(18-19)12-4-2-6-17-8-12/h2,4,6,8-9,14H,3,5,7,10-11,16H2,1H3/t14-/m1/s1. The molecule has 1 saturated heterocycles. The second kappa shape index (κ2) is 5.73. The van der Waals surface area contributed by atoms with Gasteiger partial charge in [-0.3, -0.25) is 14.6 Å². The Morgan fingerprint density at radius 1 is 1.45 bits per heavy atom. The normalized spacial score (nSPS) is 20.2. The van der Waals surface area contributed by atoms with E-state index in [1.54, 1.807) is 6.20 Å². The molecule has 0 spiro atoms. The summed E-state index contributed by atoms with van der Waals surface area (Å²) in [6, 6.07) is 4.31. The van der Waals surface area contributed by atoms with Crippen molar-refractivity contribution in [2.45, 2.75) is 25.4 Å². The largest absolute Gasteiger partial charge is 0.327 e. The van der Waals surface area contributed by atoms with Crippen molar-refractivity contribution in [1.29, 1.82) is 0 Å². The Morgan fingerprint density at radius 2 is 2.35 bits per heavy atom. The van der Waals surface area contributed by atoms with E-state index in [0.29, 0.717) is 6.04 Å². The molecule has 1 fully saturated rings. The number of aryl methyl sites for hydroxylation is 1. The predicted molar refractivity (Wildman–Crippen MR) is 78.9 cm³/mol. The van der Waals surface area contributed by atoms with Gasteiger partial charge < -0.3 is 5.73 Å². The van der Waals surface area contributed by atoms with Crippen molar-refractivity contribution in [2.24, 2.45) is 12.8 Å². The molecule has 0 saturated carbocycles. The average molecular weight is 271 g/mol. The first-order valence-corrected chi connectivity index (χ1v) is 7.13. The molecule has 1 aliphatic rings. The van der Waals surface area contributed by atoms with Crippen LogP contribution in [0.4, 0.5) is 0 Å². The monoisotopic (exact) mass is 271 g/mol. The molecule has 0 aliphatic carbocycles. The van der Waals surface area contributed by atoms with E-state index >= 15 is 0 Å². The van der Waals surface area contributed by atoms with Crippen LogP contribution in [0, 0.1) is 0 Å². The van der Waals surface area contributed by atoms with E-state index in [0.717, 1.165) is 37.3 Å². The SMILES string of the molecule is Cn1cc(CN2CCC[C@@H](N)C2)c(-c2cccnc2)n1. The number of aromatic nitrogens is 3. The van der Waals surface area contributed by atoms with E-state index in [-0.39, 0.29) is 0 Å². The molecule has 5 nitrogen and oxygen atoms in total. The van der Waals surface area contributed by atoms with Crippen molar-refractivity contribution in [3.8, 4) is 11.3 Å². The molecule has 1 aliphatic heterocycles. The van der Waals surface area contributed by atoms with Crippen LogP contribution in [0.2, 0.25) is 0 Å². The van der Waals surface area contributed by atoms with Crippen LogP contribution in [0.25, 0.3) is 11.3 Å². The third kappa shape index (κ3) is 2.89. The highest BCUT2D eigenvalue weighted by molar-refractivity contribution is 5.61. The quantitative estimate of drug-likeness (QED) is 0.917. The van der Waals surface area contributed by atoms with Crippen molar-refractivity contribution >= 4 is 0 Å². The van der Waals surface area contributed by atoms with Gasteiger partial charge in [0.05, 0.1) is 5.69 Å². The van der Waals surface area contributed by atoms with Crippen LogP contribution in [0.15, 0.2) is 30.7 Å². The third-order valence-electron chi connectivity index (χ3n) is 3.78. The molecule has 5 heteroatoms. The lowest BCUT2D eigenvalue weighted by molar-refractivity contribution is 0.201. The fourth-order valence-electron chi connectivity index (χ4n) is 2.87. The van der Waals surface area contributed by atoms with Crippen molar-refractivity contribution in [3.05, 3.63) is 36.3 Å². The van der Waals surface area contributed by atoms with Gasteiger partial charge in [-0.1, -0.05) is 0 Å². The molecule has 0 bridgehead atoms. The Balaban J connectivity index is 1.83. The maximum atomic E-state index is 6.06. The number of nitrogens with two attached hydrogens (primary N) is 1. The van der Waals surface area contributed by atoms with Crippen molar-refractivity contribution < 1.29 is 0 Å². The summed E-state index contributed by atoms with van der Waals surface area (Å²) in [5, 5.41) is 4.58. The van der Waals surface area contributed by atoms with Gasteiger partial charge in [-0.2, -0.15) is 5.10 Å². The molecular weight excluding hydrogens is 250 g/mol. The molecule has 0 unspecified atom stereocenters. The minimum absolute atomic E-state index is 0.308. The number of piperidine rings is 1. The molecule has 0 radical (unpaired) electrons. The molecule has 3 rings (SSSR count). The summed E-state index contributed by atoms with van der Waals surface area (Å²) in [6.45, 7) is 3.00.